The van der Waals surface area contributed by atoms with Gasteiger partial charge in [0.05, 0.1) is 17.6 Å². The van der Waals surface area contributed by atoms with Crippen LogP contribution in [0, 0.1) is 6.92 Å². The van der Waals surface area contributed by atoms with E-state index in [-0.39, 0.29) is 4.21 Å². The van der Waals surface area contributed by atoms with E-state index in [9.17, 15) is 8.42 Å². The molecule has 2 N–H and O–H groups in total. The Labute approximate surface area is 183 Å². The molecule has 1 aliphatic heterocycles. The highest BCUT2D eigenvalue weighted by Gasteiger charge is 2.17. The van der Waals surface area contributed by atoms with Crippen LogP contribution in [0.3, 0.4) is 0 Å². The molecule has 0 saturated carbocycles. The predicted molar refractivity (Wildman–Crippen MR) is 120 cm³/mol. The SMILES string of the molecule is Cc1nc(Nc2ccc(NS(=O)(=O)c3ccc(Cl)s3)cc2)cc(N2CCOCC2)n1. The Balaban J connectivity index is 1.46. The molecular weight excluding hydrogens is 446 g/mol. The lowest BCUT2D eigenvalue weighted by Crippen LogP contribution is -2.36. The number of benzene rings is 1. The van der Waals surface area contributed by atoms with Crippen molar-refractivity contribution in [1.29, 1.82) is 0 Å². The van der Waals surface area contributed by atoms with E-state index in [1.54, 1.807) is 30.3 Å². The Morgan fingerprint density at radius 3 is 2.43 bits per heavy atom. The van der Waals surface area contributed by atoms with Gasteiger partial charge in [0, 0.05) is 30.5 Å². The highest BCUT2D eigenvalue weighted by molar-refractivity contribution is 7.94. The summed E-state index contributed by atoms with van der Waals surface area (Å²) in [6.45, 7) is 4.80. The second-order valence-electron chi connectivity index (χ2n) is 6.62. The number of aromatic nitrogens is 2. The van der Waals surface area contributed by atoms with E-state index in [1.807, 2.05) is 13.0 Å². The van der Waals surface area contributed by atoms with Gasteiger partial charge in [-0.05, 0) is 43.3 Å². The predicted octanol–water partition coefficient (Wildman–Crippen LogP) is 3.88. The lowest BCUT2D eigenvalue weighted by Gasteiger charge is -2.28. The van der Waals surface area contributed by atoms with Crippen LogP contribution in [-0.2, 0) is 14.8 Å². The van der Waals surface area contributed by atoms with Crippen molar-refractivity contribution < 1.29 is 13.2 Å². The Morgan fingerprint density at radius 2 is 1.77 bits per heavy atom. The van der Waals surface area contributed by atoms with Crippen LogP contribution in [0.1, 0.15) is 5.82 Å². The second-order valence-corrected chi connectivity index (χ2v) is 10.2. The largest absolute Gasteiger partial charge is 0.378 e. The van der Waals surface area contributed by atoms with Gasteiger partial charge >= 0.3 is 0 Å². The van der Waals surface area contributed by atoms with Crippen molar-refractivity contribution in [2.45, 2.75) is 11.1 Å². The van der Waals surface area contributed by atoms with Gasteiger partial charge in [0.2, 0.25) is 0 Å². The maximum Gasteiger partial charge on any atom is 0.271 e. The van der Waals surface area contributed by atoms with Crippen molar-refractivity contribution in [3.63, 3.8) is 0 Å². The standard InChI is InChI=1S/C19H20ClN5O3S2/c1-13-21-17(12-18(22-13)25-8-10-28-11-9-25)23-14-2-4-15(5-3-14)24-30(26,27)19-7-6-16(20)29-19/h2-7,12,24H,8-11H2,1H3,(H,21,22,23). The monoisotopic (exact) mass is 465 g/mol. The highest BCUT2D eigenvalue weighted by atomic mass is 35.5. The molecule has 0 spiro atoms. The fraction of sp³-hybridized carbons (Fsp3) is 0.263. The third-order valence-electron chi connectivity index (χ3n) is 4.38. The van der Waals surface area contributed by atoms with E-state index in [4.69, 9.17) is 16.3 Å². The Morgan fingerprint density at radius 1 is 1.07 bits per heavy atom. The number of anilines is 4. The molecule has 4 rings (SSSR count). The molecule has 0 unspecified atom stereocenters. The molecule has 0 amide bonds. The van der Waals surface area contributed by atoms with Crippen molar-refractivity contribution >= 4 is 56.0 Å². The zero-order valence-corrected chi connectivity index (χ0v) is 18.5. The zero-order valence-electron chi connectivity index (χ0n) is 16.1. The smallest absolute Gasteiger partial charge is 0.271 e. The van der Waals surface area contributed by atoms with Crippen LogP contribution in [0.2, 0.25) is 4.34 Å². The van der Waals surface area contributed by atoms with E-state index in [2.05, 4.69) is 24.9 Å². The number of hydrogen-bond donors (Lipinski definition) is 2. The molecule has 158 valence electrons. The summed E-state index contributed by atoms with van der Waals surface area (Å²) in [5, 5.41) is 3.25. The summed E-state index contributed by atoms with van der Waals surface area (Å²) in [6, 6.07) is 11.9. The molecule has 3 aromatic rings. The molecular formula is C19H20ClN5O3S2. The van der Waals surface area contributed by atoms with Gasteiger partial charge in [0.15, 0.2) is 0 Å². The normalized spacial score (nSPS) is 14.5. The molecule has 0 bridgehead atoms. The summed E-state index contributed by atoms with van der Waals surface area (Å²) >= 11 is 6.85. The summed E-state index contributed by atoms with van der Waals surface area (Å²) in [6.07, 6.45) is 0. The molecule has 30 heavy (non-hydrogen) atoms. The maximum atomic E-state index is 12.4. The average Bonchev–Trinajstić information content (AvgIpc) is 3.17. The fourth-order valence-electron chi connectivity index (χ4n) is 2.99. The van der Waals surface area contributed by atoms with Crippen molar-refractivity contribution in [3.8, 4) is 0 Å². The van der Waals surface area contributed by atoms with E-state index >= 15 is 0 Å². The van der Waals surface area contributed by atoms with Crippen LogP contribution in [0.5, 0.6) is 0 Å². The first kappa shape index (κ1) is 20.9. The first-order valence-corrected chi connectivity index (χ1v) is 11.9. The van der Waals surface area contributed by atoms with E-state index in [0.29, 0.717) is 34.9 Å². The summed E-state index contributed by atoms with van der Waals surface area (Å²) in [5.41, 5.74) is 1.24. The number of thiophene rings is 1. The lowest BCUT2D eigenvalue weighted by molar-refractivity contribution is 0.122. The number of morpholine rings is 1. The molecule has 2 aromatic heterocycles. The Hall–Kier alpha value is -2.40. The third kappa shape index (κ3) is 5.01. The van der Waals surface area contributed by atoms with E-state index in [1.165, 1.54) is 6.07 Å². The Bertz CT molecular complexity index is 1130. The highest BCUT2D eigenvalue weighted by Crippen LogP contribution is 2.28. The number of ether oxygens (including phenoxy) is 1. The van der Waals surface area contributed by atoms with Crippen LogP contribution in [0.4, 0.5) is 23.0 Å². The molecule has 1 saturated heterocycles. The van der Waals surface area contributed by atoms with Crippen molar-refractivity contribution in [1.82, 2.24) is 9.97 Å². The van der Waals surface area contributed by atoms with Gasteiger partial charge < -0.3 is 15.0 Å². The van der Waals surface area contributed by atoms with Gasteiger partial charge in [-0.15, -0.1) is 11.3 Å². The fourth-order valence-corrected chi connectivity index (χ4v) is 5.53. The van der Waals surface area contributed by atoms with E-state index < -0.39 is 10.0 Å². The number of hydrogen-bond acceptors (Lipinski definition) is 8. The minimum atomic E-state index is -3.66. The second kappa shape index (κ2) is 8.76. The topological polar surface area (TPSA) is 96.5 Å². The number of nitrogens with zero attached hydrogens (tertiary/aromatic N) is 3. The molecule has 0 atom stereocenters. The van der Waals surface area contributed by atoms with Gasteiger partial charge in [-0.25, -0.2) is 18.4 Å². The lowest BCUT2D eigenvalue weighted by atomic mass is 10.3. The third-order valence-corrected chi connectivity index (χ3v) is 7.49. The molecule has 1 fully saturated rings. The number of halogens is 1. The molecule has 3 heterocycles. The molecule has 1 aliphatic rings. The molecule has 0 radical (unpaired) electrons. The molecule has 1 aromatic carbocycles. The van der Waals surface area contributed by atoms with Gasteiger partial charge in [-0.2, -0.15) is 0 Å². The zero-order chi connectivity index (χ0) is 21.1. The number of nitrogens with one attached hydrogen (secondary N) is 2. The number of rotatable bonds is 6. The van der Waals surface area contributed by atoms with Gasteiger partial charge in [0.25, 0.3) is 10.0 Å². The minimum Gasteiger partial charge on any atom is -0.378 e. The van der Waals surface area contributed by atoms with E-state index in [0.717, 1.165) is 35.9 Å². The minimum absolute atomic E-state index is 0.168. The maximum absolute atomic E-state index is 12.4. The first-order chi connectivity index (χ1) is 14.4. The van der Waals surface area contributed by atoms with Crippen LogP contribution in [0.15, 0.2) is 46.7 Å². The van der Waals surface area contributed by atoms with Crippen LogP contribution < -0.4 is 14.9 Å². The number of aryl methyl sites for hydroxylation is 1. The van der Waals surface area contributed by atoms with Crippen LogP contribution in [0.25, 0.3) is 0 Å². The van der Waals surface area contributed by atoms with Crippen molar-refractivity contribution in [2.24, 2.45) is 0 Å². The van der Waals surface area contributed by atoms with Crippen LogP contribution >= 0.6 is 22.9 Å². The molecule has 0 aliphatic carbocycles. The summed E-state index contributed by atoms with van der Waals surface area (Å²) in [5.74, 6) is 2.19. The van der Waals surface area contributed by atoms with Gasteiger partial charge in [-0.3, -0.25) is 4.72 Å². The summed E-state index contributed by atoms with van der Waals surface area (Å²) in [7, 11) is -3.66. The number of sulfonamides is 1. The summed E-state index contributed by atoms with van der Waals surface area (Å²) < 4.78 is 33.4. The van der Waals surface area contributed by atoms with Gasteiger partial charge in [0.1, 0.15) is 21.7 Å². The van der Waals surface area contributed by atoms with Gasteiger partial charge in [-0.1, -0.05) is 11.6 Å². The first-order valence-electron chi connectivity index (χ1n) is 9.23. The molecule has 11 heteroatoms. The molecule has 8 nitrogen and oxygen atoms in total. The van der Waals surface area contributed by atoms with Crippen molar-refractivity contribution in [3.05, 3.63) is 52.6 Å². The Kier molecular flexibility index (Phi) is 6.09. The average molecular weight is 466 g/mol. The quantitative estimate of drug-likeness (QED) is 0.570. The van der Waals surface area contributed by atoms with Crippen molar-refractivity contribution in [2.75, 3.05) is 41.2 Å². The van der Waals surface area contributed by atoms with Crippen LogP contribution in [-0.4, -0.2) is 44.7 Å². The summed E-state index contributed by atoms with van der Waals surface area (Å²) in [4.78, 5) is 11.1.